The molecule has 0 aliphatic carbocycles. The average Bonchev–Trinajstić information content (AvgIpc) is 2.67. The van der Waals surface area contributed by atoms with Crippen LogP contribution in [0.3, 0.4) is 0 Å². The van der Waals surface area contributed by atoms with Crippen LogP contribution < -0.4 is 0 Å². The molecule has 0 unspecified atom stereocenters. The fourth-order valence-electron chi connectivity index (χ4n) is 3.17. The molecule has 1 N–H and O–H groups in total. The van der Waals surface area contributed by atoms with Gasteiger partial charge < -0.3 is 4.98 Å². The van der Waals surface area contributed by atoms with E-state index in [1.807, 2.05) is 0 Å². The molecule has 2 heterocycles. The number of rotatable bonds is 2. The molecule has 0 spiro atoms. The Bertz CT molecular complexity index is 613. The highest BCUT2D eigenvalue weighted by atomic mass is 79.9. The van der Waals surface area contributed by atoms with E-state index in [4.69, 9.17) is 0 Å². The van der Waals surface area contributed by atoms with Gasteiger partial charge in [-0.25, -0.2) is 0 Å². The van der Waals surface area contributed by atoms with E-state index in [1.54, 1.807) is 0 Å². The van der Waals surface area contributed by atoms with Crippen LogP contribution in [0, 0.1) is 12.8 Å². The van der Waals surface area contributed by atoms with Crippen LogP contribution in [-0.4, -0.2) is 23.0 Å². The summed E-state index contributed by atoms with van der Waals surface area (Å²) < 4.78 is 1.18. The topological polar surface area (TPSA) is 19.0 Å². The summed E-state index contributed by atoms with van der Waals surface area (Å²) in [5.41, 5.74) is 5.59. The summed E-state index contributed by atoms with van der Waals surface area (Å²) >= 11 is 3.62. The molecule has 0 saturated carbocycles. The number of hydrogen-bond donors (Lipinski definition) is 1. The second kappa shape index (κ2) is 4.95. The van der Waals surface area contributed by atoms with Crippen molar-refractivity contribution in [3.63, 3.8) is 0 Å². The van der Waals surface area contributed by atoms with Gasteiger partial charge in [0.1, 0.15) is 0 Å². The van der Waals surface area contributed by atoms with Gasteiger partial charge >= 0.3 is 0 Å². The van der Waals surface area contributed by atoms with Gasteiger partial charge in [-0.1, -0.05) is 29.8 Å². The normalized spacial score (nSPS) is 16.3. The highest BCUT2D eigenvalue weighted by Crippen LogP contribution is 2.32. The summed E-state index contributed by atoms with van der Waals surface area (Å²) in [6, 6.07) is 4.45. The van der Waals surface area contributed by atoms with Gasteiger partial charge in [0.05, 0.1) is 0 Å². The van der Waals surface area contributed by atoms with Gasteiger partial charge in [0.2, 0.25) is 0 Å². The van der Waals surface area contributed by atoms with Crippen molar-refractivity contribution < 1.29 is 0 Å². The minimum atomic E-state index is 0.736. The number of aromatic amines is 1. The molecule has 1 aromatic heterocycles. The minimum absolute atomic E-state index is 0.736. The Kier molecular flexibility index (Phi) is 3.44. The predicted octanol–water partition coefficient (Wildman–Crippen LogP) is 4.25. The number of nitrogens with one attached hydrogen (secondary N) is 1. The van der Waals surface area contributed by atoms with Crippen LogP contribution >= 0.6 is 15.9 Å². The minimum Gasteiger partial charge on any atom is -0.358 e. The molecule has 2 nitrogen and oxygen atoms in total. The lowest BCUT2D eigenvalue weighted by molar-refractivity contribution is 0.226. The smallest absolute Gasteiger partial charge is 0.0489 e. The van der Waals surface area contributed by atoms with Crippen LogP contribution in [0.15, 0.2) is 16.6 Å². The summed E-state index contributed by atoms with van der Waals surface area (Å²) in [6.07, 6.45) is 1.15. The first kappa shape index (κ1) is 13.2. The van der Waals surface area contributed by atoms with Gasteiger partial charge in [-0.3, -0.25) is 4.90 Å². The zero-order valence-corrected chi connectivity index (χ0v) is 13.5. The summed E-state index contributed by atoms with van der Waals surface area (Å²) in [5.74, 6) is 0.736. The molecule has 3 rings (SSSR count). The monoisotopic (exact) mass is 320 g/mol. The van der Waals surface area contributed by atoms with E-state index in [1.165, 1.54) is 45.3 Å². The number of nitrogens with zero attached hydrogens (tertiary/aromatic N) is 1. The van der Waals surface area contributed by atoms with Crippen molar-refractivity contribution in [2.24, 2.45) is 5.92 Å². The lowest BCUT2D eigenvalue weighted by Gasteiger charge is -2.28. The summed E-state index contributed by atoms with van der Waals surface area (Å²) in [4.78, 5) is 6.22. The van der Waals surface area contributed by atoms with Gasteiger partial charge in [-0.15, -0.1) is 0 Å². The van der Waals surface area contributed by atoms with Crippen LogP contribution in [-0.2, 0) is 13.0 Å². The number of halogens is 1. The molecule has 19 heavy (non-hydrogen) atoms. The van der Waals surface area contributed by atoms with Gasteiger partial charge in [0, 0.05) is 47.1 Å². The van der Waals surface area contributed by atoms with E-state index < -0.39 is 0 Å². The van der Waals surface area contributed by atoms with Gasteiger partial charge in [-0.05, 0) is 36.1 Å². The molecule has 1 aliphatic heterocycles. The van der Waals surface area contributed by atoms with Crippen molar-refractivity contribution in [1.82, 2.24) is 9.88 Å². The van der Waals surface area contributed by atoms with Crippen LogP contribution in [0.2, 0.25) is 0 Å². The Hall–Kier alpha value is -0.800. The molecule has 0 atom stereocenters. The third-order valence-corrected chi connectivity index (χ3v) is 4.41. The zero-order valence-electron chi connectivity index (χ0n) is 11.9. The lowest BCUT2D eigenvalue weighted by Crippen LogP contribution is -2.33. The van der Waals surface area contributed by atoms with Crippen LogP contribution in [0.5, 0.6) is 0 Å². The molecule has 3 heteroatoms. The molecule has 0 amide bonds. The number of H-pyrrole nitrogens is 1. The fourth-order valence-corrected chi connectivity index (χ4v) is 3.75. The Morgan fingerprint density at radius 2 is 2.16 bits per heavy atom. The van der Waals surface area contributed by atoms with Crippen molar-refractivity contribution in [3.8, 4) is 0 Å². The Balaban J connectivity index is 2.03. The molecule has 1 aliphatic rings. The summed E-state index contributed by atoms with van der Waals surface area (Å²) in [5, 5.41) is 1.40. The molecule has 0 fully saturated rings. The average molecular weight is 321 g/mol. The predicted molar refractivity (Wildman–Crippen MR) is 84.6 cm³/mol. The van der Waals surface area contributed by atoms with Crippen molar-refractivity contribution in [2.45, 2.75) is 33.7 Å². The van der Waals surface area contributed by atoms with Gasteiger partial charge in [0.15, 0.2) is 0 Å². The van der Waals surface area contributed by atoms with Crippen molar-refractivity contribution in [1.29, 1.82) is 0 Å². The number of aryl methyl sites for hydroxylation is 1. The SMILES string of the molecule is Cc1cc(Br)cc2c3c([nH]c12)CCN(CC(C)C)C3. The second-order valence-corrected chi connectivity index (χ2v) is 7.02. The van der Waals surface area contributed by atoms with E-state index in [0.29, 0.717) is 0 Å². The largest absolute Gasteiger partial charge is 0.358 e. The standard InChI is InChI=1S/C16H21BrN2/c1-10(2)8-19-5-4-15-14(9-19)13-7-12(17)6-11(3)16(13)18-15/h6-7,10,18H,4-5,8-9H2,1-3H3. The maximum absolute atomic E-state index is 3.64. The number of aromatic nitrogens is 1. The number of fused-ring (bicyclic) bond motifs is 3. The van der Waals surface area contributed by atoms with Crippen LogP contribution in [0.1, 0.15) is 30.7 Å². The third kappa shape index (κ3) is 2.46. The third-order valence-electron chi connectivity index (χ3n) is 3.95. The maximum atomic E-state index is 3.64. The molecular weight excluding hydrogens is 300 g/mol. The van der Waals surface area contributed by atoms with E-state index in [9.17, 15) is 0 Å². The van der Waals surface area contributed by atoms with Gasteiger partial charge in [0.25, 0.3) is 0 Å². The molecule has 0 radical (unpaired) electrons. The highest BCUT2D eigenvalue weighted by Gasteiger charge is 2.21. The fraction of sp³-hybridized carbons (Fsp3) is 0.500. The second-order valence-electron chi connectivity index (χ2n) is 6.11. The molecule has 0 saturated heterocycles. The Labute approximate surface area is 123 Å². The van der Waals surface area contributed by atoms with Crippen molar-refractivity contribution in [2.75, 3.05) is 13.1 Å². The van der Waals surface area contributed by atoms with Gasteiger partial charge in [-0.2, -0.15) is 0 Å². The molecule has 102 valence electrons. The Morgan fingerprint density at radius 1 is 1.37 bits per heavy atom. The lowest BCUT2D eigenvalue weighted by atomic mass is 10.0. The maximum Gasteiger partial charge on any atom is 0.0489 e. The van der Waals surface area contributed by atoms with E-state index >= 15 is 0 Å². The summed E-state index contributed by atoms with van der Waals surface area (Å²) in [7, 11) is 0. The molecular formula is C16H21BrN2. The first-order valence-electron chi connectivity index (χ1n) is 7.06. The summed E-state index contributed by atoms with van der Waals surface area (Å²) in [6.45, 7) is 10.2. The number of hydrogen-bond acceptors (Lipinski definition) is 1. The first-order chi connectivity index (χ1) is 9.04. The molecule has 1 aromatic carbocycles. The van der Waals surface area contributed by atoms with E-state index in [0.717, 1.165) is 18.9 Å². The first-order valence-corrected chi connectivity index (χ1v) is 7.86. The Morgan fingerprint density at radius 3 is 2.89 bits per heavy atom. The van der Waals surface area contributed by atoms with E-state index in [2.05, 4.69) is 58.7 Å². The zero-order chi connectivity index (χ0) is 13.6. The number of benzene rings is 1. The van der Waals surface area contributed by atoms with Crippen LogP contribution in [0.4, 0.5) is 0 Å². The quantitative estimate of drug-likeness (QED) is 0.876. The van der Waals surface area contributed by atoms with E-state index in [-0.39, 0.29) is 0 Å². The highest BCUT2D eigenvalue weighted by molar-refractivity contribution is 9.10. The van der Waals surface area contributed by atoms with Crippen molar-refractivity contribution in [3.05, 3.63) is 33.4 Å². The van der Waals surface area contributed by atoms with Crippen LogP contribution in [0.25, 0.3) is 10.9 Å². The van der Waals surface area contributed by atoms with Crippen molar-refractivity contribution >= 4 is 26.8 Å². The molecule has 2 aromatic rings. The molecule has 0 bridgehead atoms.